The Labute approximate surface area is 257 Å². The maximum Gasteiger partial charge on any atom is 0.412 e. The average Bonchev–Trinajstić information content (AvgIpc) is 3.41. The fraction of sp³-hybridized carbons (Fsp3) is 0.375. The second-order valence-electron chi connectivity index (χ2n) is 11.2. The Morgan fingerprint density at radius 1 is 1.14 bits per heavy atom. The third-order valence-electron chi connectivity index (χ3n) is 8.48. The van der Waals surface area contributed by atoms with Gasteiger partial charge in [0.2, 0.25) is 5.91 Å². The van der Waals surface area contributed by atoms with Crippen molar-refractivity contribution in [3.63, 3.8) is 0 Å². The van der Waals surface area contributed by atoms with Crippen LogP contribution in [0.1, 0.15) is 56.2 Å². The zero-order valence-electron chi connectivity index (χ0n) is 24.0. The lowest BCUT2D eigenvalue weighted by Gasteiger charge is -2.36. The number of hydrogen-bond donors (Lipinski definition) is 2. The number of nitrogens with one attached hydrogen (secondary N) is 2. The molecule has 2 bridgehead atoms. The molecule has 1 fully saturated rings. The van der Waals surface area contributed by atoms with Gasteiger partial charge in [0.25, 0.3) is 0 Å². The van der Waals surface area contributed by atoms with Crippen molar-refractivity contribution in [3.8, 4) is 11.1 Å². The van der Waals surface area contributed by atoms with Crippen LogP contribution in [-0.2, 0) is 24.7 Å². The third kappa shape index (κ3) is 5.56. The number of nitrogens with zero attached hydrogens (tertiary/aromatic N) is 2. The van der Waals surface area contributed by atoms with E-state index in [0.29, 0.717) is 48.2 Å². The second-order valence-corrected chi connectivity index (χ2v) is 11.7. The van der Waals surface area contributed by atoms with Crippen molar-refractivity contribution in [2.75, 3.05) is 30.3 Å². The lowest BCUT2D eigenvalue weighted by Crippen LogP contribution is -2.44. The molecule has 1 saturated heterocycles. The number of fused-ring (bicyclic) bond motifs is 6. The average molecular weight is 625 g/mol. The standard InChI is InChI=1S/C32H31ClF2N4O5/c1-2-43-30(41)25-6-4-3-5-20(26-15-18(11-13-36-26)21-16-19(34)7-9-23(21)37-25)29(40)39-14-12-32(17-39)27-24(38-31(42)44-32)10-8-22(33)28(27)35/h7-11,13,15-16,20,25,37H,2-6,12,14,17H2,1H3,(H,38,42)/t20?,25?,32-/m0/s1. The van der Waals surface area contributed by atoms with E-state index in [1.807, 2.05) is 0 Å². The zero-order valence-corrected chi connectivity index (χ0v) is 24.8. The van der Waals surface area contributed by atoms with Crippen molar-refractivity contribution in [2.45, 2.75) is 56.6 Å². The number of ether oxygens (including phenoxy) is 2. The van der Waals surface area contributed by atoms with Crippen LogP contribution in [0.5, 0.6) is 0 Å². The van der Waals surface area contributed by atoms with Crippen molar-refractivity contribution in [1.82, 2.24) is 9.88 Å². The number of amides is 2. The number of carbonyl (C=O) groups is 3. The summed E-state index contributed by atoms with van der Waals surface area (Å²) < 4.78 is 40.8. The first-order valence-corrected chi connectivity index (χ1v) is 15.0. The molecule has 2 unspecified atom stereocenters. The van der Waals surface area contributed by atoms with E-state index in [-0.39, 0.29) is 48.3 Å². The van der Waals surface area contributed by atoms with Crippen LogP contribution in [0, 0.1) is 11.6 Å². The molecule has 1 aromatic heterocycles. The molecule has 2 amide bonds. The molecule has 3 aromatic rings. The van der Waals surface area contributed by atoms with Gasteiger partial charge in [-0.2, -0.15) is 0 Å². The van der Waals surface area contributed by atoms with Crippen molar-refractivity contribution in [1.29, 1.82) is 0 Å². The summed E-state index contributed by atoms with van der Waals surface area (Å²) in [5.74, 6) is -2.50. The van der Waals surface area contributed by atoms with Gasteiger partial charge in [0.1, 0.15) is 11.9 Å². The molecule has 0 radical (unpaired) electrons. The van der Waals surface area contributed by atoms with Gasteiger partial charge in [-0.1, -0.05) is 24.4 Å². The van der Waals surface area contributed by atoms with E-state index in [9.17, 15) is 18.8 Å². The van der Waals surface area contributed by atoms with Crippen LogP contribution in [0.15, 0.2) is 48.7 Å². The number of hydrogen-bond acceptors (Lipinski definition) is 7. The van der Waals surface area contributed by atoms with Crippen LogP contribution in [0.2, 0.25) is 5.02 Å². The largest absolute Gasteiger partial charge is 0.464 e. The van der Waals surface area contributed by atoms with E-state index in [1.54, 1.807) is 36.2 Å². The topological polar surface area (TPSA) is 110 Å². The highest BCUT2D eigenvalue weighted by molar-refractivity contribution is 6.31. The maximum absolute atomic E-state index is 15.3. The molecule has 2 aromatic carbocycles. The predicted molar refractivity (Wildman–Crippen MR) is 159 cm³/mol. The molecule has 2 N–H and O–H groups in total. The summed E-state index contributed by atoms with van der Waals surface area (Å²) in [7, 11) is 0. The van der Waals surface area contributed by atoms with Crippen molar-refractivity contribution in [3.05, 3.63) is 76.6 Å². The van der Waals surface area contributed by atoms with E-state index >= 15 is 4.39 Å². The predicted octanol–water partition coefficient (Wildman–Crippen LogP) is 6.37. The van der Waals surface area contributed by atoms with Crippen LogP contribution in [0.4, 0.5) is 25.0 Å². The first-order chi connectivity index (χ1) is 21.2. The smallest absolute Gasteiger partial charge is 0.412 e. The third-order valence-corrected chi connectivity index (χ3v) is 8.78. The Kier molecular flexibility index (Phi) is 8.15. The molecule has 9 nitrogen and oxygen atoms in total. The molecule has 0 aliphatic carbocycles. The Morgan fingerprint density at radius 2 is 1.93 bits per heavy atom. The number of benzene rings is 2. The van der Waals surface area contributed by atoms with Gasteiger partial charge in [-0.3, -0.25) is 15.1 Å². The minimum atomic E-state index is -1.39. The summed E-state index contributed by atoms with van der Waals surface area (Å²) in [5.41, 5.74) is 1.18. The van der Waals surface area contributed by atoms with E-state index in [0.717, 1.165) is 0 Å². The van der Waals surface area contributed by atoms with Gasteiger partial charge in [0.15, 0.2) is 11.4 Å². The van der Waals surface area contributed by atoms with E-state index < -0.39 is 41.3 Å². The first kappa shape index (κ1) is 29.8. The molecule has 44 heavy (non-hydrogen) atoms. The Hall–Kier alpha value is -4.25. The maximum atomic E-state index is 15.3. The second kappa shape index (κ2) is 12.0. The number of carbonyl (C=O) groups excluding carboxylic acids is 3. The highest BCUT2D eigenvalue weighted by Crippen LogP contribution is 2.46. The molecule has 12 heteroatoms. The Balaban J connectivity index is 1.34. The van der Waals surface area contributed by atoms with Crippen LogP contribution >= 0.6 is 11.6 Å². The Morgan fingerprint density at radius 3 is 2.75 bits per heavy atom. The summed E-state index contributed by atoms with van der Waals surface area (Å²) >= 11 is 6.09. The molecule has 4 heterocycles. The number of likely N-dealkylation sites (tertiary alicyclic amines) is 1. The van der Waals surface area contributed by atoms with Gasteiger partial charge < -0.3 is 19.7 Å². The van der Waals surface area contributed by atoms with Crippen LogP contribution < -0.4 is 10.6 Å². The van der Waals surface area contributed by atoms with Crippen molar-refractivity contribution < 1.29 is 32.6 Å². The molecule has 3 aliphatic rings. The minimum absolute atomic E-state index is 0.0530. The van der Waals surface area contributed by atoms with Gasteiger partial charge in [-0.15, -0.1) is 0 Å². The number of aromatic nitrogens is 1. The monoisotopic (exact) mass is 624 g/mol. The van der Waals surface area contributed by atoms with E-state index in [4.69, 9.17) is 21.1 Å². The summed E-state index contributed by atoms with van der Waals surface area (Å²) in [6.07, 6.45) is 3.08. The normalized spacial score (nSPS) is 22.8. The summed E-state index contributed by atoms with van der Waals surface area (Å²) in [6, 6.07) is 9.98. The molecule has 3 atom stereocenters. The van der Waals surface area contributed by atoms with Gasteiger partial charge in [0, 0.05) is 30.4 Å². The summed E-state index contributed by atoms with van der Waals surface area (Å²) in [6.45, 7) is 2.13. The summed E-state index contributed by atoms with van der Waals surface area (Å²) in [4.78, 5) is 45.6. The SMILES string of the molecule is CCOC(=O)C1CCCCC(C(=O)N2CC[C@@]3(C2)OC(=O)Nc2ccc(Cl)c(F)c23)c2cc(ccn2)-c2cc(F)ccc2N1. The molecule has 6 rings (SSSR count). The van der Waals surface area contributed by atoms with Gasteiger partial charge >= 0.3 is 12.1 Å². The van der Waals surface area contributed by atoms with Crippen LogP contribution in [-0.4, -0.2) is 53.6 Å². The van der Waals surface area contributed by atoms with Gasteiger partial charge in [0.05, 0.1) is 41.0 Å². The lowest BCUT2D eigenvalue weighted by molar-refractivity contribution is -0.144. The van der Waals surface area contributed by atoms with Gasteiger partial charge in [-0.25, -0.2) is 18.4 Å². The molecule has 0 saturated carbocycles. The summed E-state index contributed by atoms with van der Waals surface area (Å²) in [5, 5.41) is 5.66. The van der Waals surface area contributed by atoms with Crippen molar-refractivity contribution in [2.24, 2.45) is 0 Å². The molecule has 230 valence electrons. The quantitative estimate of drug-likeness (QED) is 0.326. The molecular formula is C32H31ClF2N4O5. The Bertz CT molecular complexity index is 1640. The van der Waals surface area contributed by atoms with Crippen molar-refractivity contribution >= 4 is 40.9 Å². The number of halogens is 3. The highest BCUT2D eigenvalue weighted by Gasteiger charge is 2.51. The number of pyridine rings is 1. The number of esters is 1. The van der Waals surface area contributed by atoms with Crippen LogP contribution in [0.25, 0.3) is 11.1 Å². The zero-order chi connectivity index (χ0) is 31.0. The van der Waals surface area contributed by atoms with Gasteiger partial charge in [-0.05, 0) is 67.8 Å². The number of rotatable bonds is 3. The molecular weight excluding hydrogens is 594 g/mol. The first-order valence-electron chi connectivity index (χ1n) is 14.7. The lowest BCUT2D eigenvalue weighted by atomic mass is 9.89. The minimum Gasteiger partial charge on any atom is -0.464 e. The van der Waals surface area contributed by atoms with Crippen LogP contribution in [0.3, 0.4) is 0 Å². The van der Waals surface area contributed by atoms with E-state index in [1.165, 1.54) is 24.3 Å². The fourth-order valence-electron chi connectivity index (χ4n) is 6.40. The highest BCUT2D eigenvalue weighted by atomic mass is 35.5. The molecule has 3 aliphatic heterocycles. The van der Waals surface area contributed by atoms with E-state index in [2.05, 4.69) is 15.6 Å². The fourth-order valence-corrected chi connectivity index (χ4v) is 6.56. The molecule has 1 spiro atoms. The number of anilines is 2.